The molecule has 144 valence electrons. The molecule has 0 bridgehead atoms. The zero-order valence-corrected chi connectivity index (χ0v) is 16.9. The maximum atomic E-state index is 12.6. The van der Waals surface area contributed by atoms with Crippen LogP contribution in [0.15, 0.2) is 29.2 Å². The van der Waals surface area contributed by atoms with E-state index in [2.05, 4.69) is 17.2 Å². The van der Waals surface area contributed by atoms with E-state index in [-0.39, 0.29) is 10.8 Å². The van der Waals surface area contributed by atoms with Gasteiger partial charge in [0, 0.05) is 23.5 Å². The highest BCUT2D eigenvalue weighted by molar-refractivity contribution is 7.89. The summed E-state index contributed by atoms with van der Waals surface area (Å²) in [7, 11) is -3.46. The minimum absolute atomic E-state index is 0.236. The average Bonchev–Trinajstić information content (AvgIpc) is 3.31. The highest BCUT2D eigenvalue weighted by atomic mass is 32.2. The van der Waals surface area contributed by atoms with Crippen LogP contribution in [0.3, 0.4) is 0 Å². The lowest BCUT2D eigenvalue weighted by molar-refractivity contribution is 0.102. The molecule has 8 heteroatoms. The van der Waals surface area contributed by atoms with Gasteiger partial charge in [0.2, 0.25) is 10.0 Å². The summed E-state index contributed by atoms with van der Waals surface area (Å²) in [5.74, 6) is 0.368. The number of fused-ring (bicyclic) bond motifs is 1. The minimum atomic E-state index is -3.46. The molecule has 1 aromatic carbocycles. The van der Waals surface area contributed by atoms with Gasteiger partial charge in [0.05, 0.1) is 10.6 Å². The number of thiazole rings is 1. The van der Waals surface area contributed by atoms with Crippen LogP contribution in [0, 0.1) is 5.92 Å². The Labute approximate surface area is 163 Å². The summed E-state index contributed by atoms with van der Waals surface area (Å²) in [4.78, 5) is 18.6. The van der Waals surface area contributed by atoms with Crippen LogP contribution in [0.1, 0.15) is 47.1 Å². The number of carbonyl (C=O) groups is 1. The zero-order chi connectivity index (χ0) is 19.0. The molecule has 2 aliphatic rings. The van der Waals surface area contributed by atoms with Crippen molar-refractivity contribution >= 4 is 32.4 Å². The Kier molecular flexibility index (Phi) is 5.05. The van der Waals surface area contributed by atoms with Crippen LogP contribution >= 0.6 is 11.3 Å². The molecule has 1 atom stereocenters. The molecule has 2 aromatic rings. The number of benzene rings is 1. The minimum Gasteiger partial charge on any atom is -0.298 e. The Hall–Kier alpha value is -1.77. The molecule has 1 N–H and O–H groups in total. The third kappa shape index (κ3) is 3.79. The largest absolute Gasteiger partial charge is 0.298 e. The van der Waals surface area contributed by atoms with Gasteiger partial charge in [-0.15, -0.1) is 11.3 Å². The van der Waals surface area contributed by atoms with E-state index in [9.17, 15) is 13.2 Å². The van der Waals surface area contributed by atoms with Crippen LogP contribution in [0.5, 0.6) is 0 Å². The average molecular weight is 406 g/mol. The summed E-state index contributed by atoms with van der Waals surface area (Å²) in [6, 6.07) is 6.15. The number of carbonyl (C=O) groups excluding carboxylic acids is 1. The summed E-state index contributed by atoms with van der Waals surface area (Å²) in [6.07, 6.45) is 4.94. The van der Waals surface area contributed by atoms with Crippen molar-refractivity contribution < 1.29 is 13.2 Å². The number of hydrogen-bond donors (Lipinski definition) is 1. The van der Waals surface area contributed by atoms with Crippen molar-refractivity contribution in [2.24, 2.45) is 5.92 Å². The van der Waals surface area contributed by atoms with E-state index in [0.29, 0.717) is 29.7 Å². The molecule has 1 aliphatic carbocycles. The van der Waals surface area contributed by atoms with Gasteiger partial charge in [0.15, 0.2) is 5.13 Å². The van der Waals surface area contributed by atoms with Crippen LogP contribution in [0.4, 0.5) is 5.13 Å². The first-order valence-corrected chi connectivity index (χ1v) is 11.6. The van der Waals surface area contributed by atoms with Crippen LogP contribution < -0.4 is 5.32 Å². The molecule has 1 saturated heterocycles. The summed E-state index contributed by atoms with van der Waals surface area (Å²) in [5.41, 5.74) is 1.53. The van der Waals surface area contributed by atoms with Crippen molar-refractivity contribution in [3.05, 3.63) is 40.4 Å². The fourth-order valence-corrected chi connectivity index (χ4v) is 6.14. The predicted molar refractivity (Wildman–Crippen MR) is 106 cm³/mol. The molecule has 1 fully saturated rings. The molecule has 4 rings (SSSR count). The van der Waals surface area contributed by atoms with Crippen LogP contribution in [-0.4, -0.2) is 36.7 Å². The Balaban J connectivity index is 1.47. The van der Waals surface area contributed by atoms with E-state index >= 15 is 0 Å². The first-order valence-electron chi connectivity index (χ1n) is 9.33. The number of nitrogens with zero attached hydrogens (tertiary/aromatic N) is 2. The summed E-state index contributed by atoms with van der Waals surface area (Å²) >= 11 is 1.54. The van der Waals surface area contributed by atoms with Crippen molar-refractivity contribution in [2.75, 3.05) is 18.4 Å². The molecule has 1 aromatic heterocycles. The van der Waals surface area contributed by atoms with Crippen LogP contribution in [-0.2, 0) is 22.9 Å². The Morgan fingerprint density at radius 2 is 1.93 bits per heavy atom. The molecule has 0 unspecified atom stereocenters. The van der Waals surface area contributed by atoms with Gasteiger partial charge in [-0.05, 0) is 62.3 Å². The van der Waals surface area contributed by atoms with Crippen molar-refractivity contribution in [3.8, 4) is 0 Å². The van der Waals surface area contributed by atoms with Gasteiger partial charge >= 0.3 is 0 Å². The maximum absolute atomic E-state index is 12.6. The van der Waals surface area contributed by atoms with E-state index in [1.54, 1.807) is 12.1 Å². The lowest BCUT2D eigenvalue weighted by Crippen LogP contribution is -2.27. The highest BCUT2D eigenvalue weighted by Gasteiger charge is 2.27. The normalized spacial score (nSPS) is 20.4. The first kappa shape index (κ1) is 18.6. The van der Waals surface area contributed by atoms with Gasteiger partial charge in [-0.2, -0.15) is 4.31 Å². The molecular weight excluding hydrogens is 382 g/mol. The number of aromatic nitrogens is 1. The quantitative estimate of drug-likeness (QED) is 0.846. The SMILES string of the molecule is C[C@@H]1CCc2sc(NC(=O)c3ccc(S(=O)(=O)N4CCCC4)cc3)nc2C1. The van der Waals surface area contributed by atoms with Crippen molar-refractivity contribution in [2.45, 2.75) is 43.9 Å². The number of hydrogen-bond acceptors (Lipinski definition) is 5. The number of aryl methyl sites for hydroxylation is 1. The second-order valence-corrected chi connectivity index (χ2v) is 10.3. The molecule has 1 aliphatic heterocycles. The monoisotopic (exact) mass is 405 g/mol. The number of sulfonamides is 1. The van der Waals surface area contributed by atoms with Crippen molar-refractivity contribution in [1.82, 2.24) is 9.29 Å². The van der Waals surface area contributed by atoms with E-state index in [1.807, 2.05) is 0 Å². The third-order valence-electron chi connectivity index (χ3n) is 5.22. The summed E-state index contributed by atoms with van der Waals surface area (Å²) in [5, 5.41) is 3.47. The second-order valence-electron chi connectivity index (χ2n) is 7.33. The molecule has 0 radical (unpaired) electrons. The van der Waals surface area contributed by atoms with Gasteiger partial charge < -0.3 is 0 Å². The molecule has 2 heterocycles. The van der Waals surface area contributed by atoms with E-state index < -0.39 is 10.0 Å². The van der Waals surface area contributed by atoms with Gasteiger partial charge in [0.1, 0.15) is 0 Å². The molecule has 1 amide bonds. The van der Waals surface area contributed by atoms with E-state index in [1.165, 1.54) is 32.7 Å². The fourth-order valence-electron chi connectivity index (χ4n) is 3.63. The number of anilines is 1. The van der Waals surface area contributed by atoms with Gasteiger partial charge in [-0.1, -0.05) is 6.92 Å². The van der Waals surface area contributed by atoms with E-state index in [4.69, 9.17) is 0 Å². The van der Waals surface area contributed by atoms with E-state index in [0.717, 1.165) is 37.8 Å². The first-order chi connectivity index (χ1) is 12.9. The fraction of sp³-hybridized carbons (Fsp3) is 0.474. The smallest absolute Gasteiger partial charge is 0.257 e. The van der Waals surface area contributed by atoms with Crippen LogP contribution in [0.25, 0.3) is 0 Å². The lowest BCUT2D eigenvalue weighted by atomic mass is 9.93. The number of nitrogens with one attached hydrogen (secondary N) is 1. The van der Waals surface area contributed by atoms with Gasteiger partial charge in [-0.3, -0.25) is 10.1 Å². The Morgan fingerprint density at radius 1 is 1.22 bits per heavy atom. The third-order valence-corrected chi connectivity index (χ3v) is 8.21. The highest BCUT2D eigenvalue weighted by Crippen LogP contribution is 2.32. The second kappa shape index (κ2) is 7.33. The lowest BCUT2D eigenvalue weighted by Gasteiger charge is -2.15. The molecular formula is C19H23N3O3S2. The van der Waals surface area contributed by atoms with Gasteiger partial charge in [0.25, 0.3) is 5.91 Å². The molecule has 6 nitrogen and oxygen atoms in total. The predicted octanol–water partition coefficient (Wildman–Crippen LogP) is 3.30. The molecule has 0 spiro atoms. The van der Waals surface area contributed by atoms with Crippen LogP contribution in [0.2, 0.25) is 0 Å². The van der Waals surface area contributed by atoms with Crippen molar-refractivity contribution in [1.29, 1.82) is 0 Å². The van der Waals surface area contributed by atoms with Gasteiger partial charge in [-0.25, -0.2) is 13.4 Å². The Morgan fingerprint density at radius 3 is 2.63 bits per heavy atom. The summed E-state index contributed by atoms with van der Waals surface area (Å²) in [6.45, 7) is 3.36. The number of rotatable bonds is 4. The summed E-state index contributed by atoms with van der Waals surface area (Å²) < 4.78 is 26.6. The molecule has 0 saturated carbocycles. The topological polar surface area (TPSA) is 79.4 Å². The van der Waals surface area contributed by atoms with Crippen molar-refractivity contribution in [3.63, 3.8) is 0 Å². The molecule has 27 heavy (non-hydrogen) atoms. The zero-order valence-electron chi connectivity index (χ0n) is 15.3. The number of amides is 1. The maximum Gasteiger partial charge on any atom is 0.257 e. The Bertz CT molecular complexity index is 945. The standard InChI is InChI=1S/C19H23N3O3S2/c1-13-4-9-17-16(12-13)20-19(26-17)21-18(23)14-5-7-15(8-6-14)27(24,25)22-10-2-3-11-22/h5-8,13H,2-4,9-12H2,1H3,(H,20,21,23)/t13-/m1/s1.